The molecule has 0 unspecified atom stereocenters. The van der Waals surface area contributed by atoms with E-state index in [1.54, 1.807) is 6.07 Å². The molecule has 0 saturated heterocycles. The average molecular weight is 322 g/mol. The number of sulfonamides is 1. The molecule has 22 heavy (non-hydrogen) atoms. The minimum absolute atomic E-state index is 0.0644. The Hall–Kier alpha value is -2.25. The maximum atomic E-state index is 13.1. The lowest BCUT2D eigenvalue weighted by Gasteiger charge is -2.12. The van der Waals surface area contributed by atoms with Gasteiger partial charge >= 0.3 is 0 Å². The van der Waals surface area contributed by atoms with Crippen LogP contribution < -0.4 is 5.32 Å². The summed E-state index contributed by atoms with van der Waals surface area (Å²) in [6.45, 7) is 0. The first-order valence-corrected chi connectivity index (χ1v) is 7.84. The van der Waals surface area contributed by atoms with Crippen LogP contribution >= 0.6 is 0 Å². The van der Waals surface area contributed by atoms with Gasteiger partial charge in [0, 0.05) is 25.3 Å². The highest BCUT2D eigenvalue weighted by Crippen LogP contribution is 2.18. The van der Waals surface area contributed by atoms with Gasteiger partial charge in [0.2, 0.25) is 10.0 Å². The van der Waals surface area contributed by atoms with Gasteiger partial charge in [0.15, 0.2) is 0 Å². The van der Waals surface area contributed by atoms with Crippen molar-refractivity contribution in [2.45, 2.75) is 4.90 Å². The molecule has 0 bridgehead atoms. The fraction of sp³-hybridized carbons (Fsp3) is 0.133. The van der Waals surface area contributed by atoms with E-state index in [1.165, 1.54) is 50.5 Å². The summed E-state index contributed by atoms with van der Waals surface area (Å²) in [6.07, 6.45) is 0. The van der Waals surface area contributed by atoms with Crippen molar-refractivity contribution in [3.63, 3.8) is 0 Å². The van der Waals surface area contributed by atoms with Gasteiger partial charge in [0.25, 0.3) is 5.91 Å². The van der Waals surface area contributed by atoms with Crippen molar-refractivity contribution in [1.29, 1.82) is 0 Å². The van der Waals surface area contributed by atoms with E-state index in [4.69, 9.17) is 0 Å². The van der Waals surface area contributed by atoms with E-state index in [2.05, 4.69) is 5.32 Å². The first-order chi connectivity index (χ1) is 10.3. The van der Waals surface area contributed by atoms with Crippen molar-refractivity contribution in [1.82, 2.24) is 4.31 Å². The van der Waals surface area contributed by atoms with Crippen molar-refractivity contribution < 1.29 is 17.6 Å². The molecule has 0 aliphatic rings. The van der Waals surface area contributed by atoms with Crippen LogP contribution in [0.3, 0.4) is 0 Å². The zero-order valence-corrected chi connectivity index (χ0v) is 12.9. The van der Waals surface area contributed by atoms with Crippen LogP contribution in [0, 0.1) is 5.82 Å². The predicted octanol–water partition coefficient (Wildman–Crippen LogP) is 2.33. The van der Waals surface area contributed by atoms with Crippen LogP contribution in [0.2, 0.25) is 0 Å². The van der Waals surface area contributed by atoms with Crippen LogP contribution in [-0.4, -0.2) is 32.7 Å². The molecule has 0 heterocycles. The molecule has 0 atom stereocenters. The van der Waals surface area contributed by atoms with E-state index >= 15 is 0 Å². The highest BCUT2D eigenvalue weighted by atomic mass is 32.2. The molecule has 2 rings (SSSR count). The summed E-state index contributed by atoms with van der Waals surface area (Å²) in [5.41, 5.74) is 0.470. The van der Waals surface area contributed by atoms with Crippen LogP contribution in [0.4, 0.5) is 10.1 Å². The number of halogens is 1. The first kappa shape index (κ1) is 16.1. The maximum absolute atomic E-state index is 13.1. The van der Waals surface area contributed by atoms with E-state index in [1.807, 2.05) is 0 Å². The average Bonchev–Trinajstić information content (AvgIpc) is 2.47. The molecule has 0 spiro atoms. The number of amides is 1. The molecule has 1 N–H and O–H groups in total. The Morgan fingerprint density at radius 1 is 1.09 bits per heavy atom. The molecular weight excluding hydrogens is 307 g/mol. The smallest absolute Gasteiger partial charge is 0.255 e. The number of anilines is 1. The molecule has 1 amide bonds. The summed E-state index contributed by atoms with van der Waals surface area (Å²) in [6, 6.07) is 11.1. The predicted molar refractivity (Wildman–Crippen MR) is 81.7 cm³/mol. The van der Waals surface area contributed by atoms with Crippen molar-refractivity contribution >= 4 is 21.6 Å². The number of hydrogen-bond donors (Lipinski definition) is 1. The molecule has 0 aliphatic carbocycles. The highest BCUT2D eigenvalue weighted by molar-refractivity contribution is 7.89. The lowest BCUT2D eigenvalue weighted by molar-refractivity contribution is 0.102. The quantitative estimate of drug-likeness (QED) is 0.939. The minimum Gasteiger partial charge on any atom is -0.322 e. The van der Waals surface area contributed by atoms with Crippen LogP contribution in [0.5, 0.6) is 0 Å². The van der Waals surface area contributed by atoms with Crippen molar-refractivity contribution in [3.05, 3.63) is 59.9 Å². The number of nitrogens with one attached hydrogen (secondary N) is 1. The lowest BCUT2D eigenvalue weighted by atomic mass is 10.2. The third-order valence-corrected chi connectivity index (χ3v) is 4.77. The van der Waals surface area contributed by atoms with Gasteiger partial charge in [0.05, 0.1) is 4.90 Å². The number of hydrogen-bond acceptors (Lipinski definition) is 3. The van der Waals surface area contributed by atoms with Gasteiger partial charge in [-0.3, -0.25) is 4.79 Å². The Morgan fingerprint density at radius 3 is 2.41 bits per heavy atom. The monoisotopic (exact) mass is 322 g/mol. The molecule has 0 saturated carbocycles. The third-order valence-electron chi connectivity index (χ3n) is 2.96. The van der Waals surface area contributed by atoms with E-state index < -0.39 is 21.7 Å². The topological polar surface area (TPSA) is 66.5 Å². The van der Waals surface area contributed by atoms with Crippen LogP contribution in [0.15, 0.2) is 53.4 Å². The second kappa shape index (κ2) is 6.25. The Labute approximate surface area is 128 Å². The Balaban J connectivity index is 2.26. The van der Waals surface area contributed by atoms with Gasteiger partial charge in [-0.1, -0.05) is 12.1 Å². The second-order valence-corrected chi connectivity index (χ2v) is 6.93. The van der Waals surface area contributed by atoms with E-state index in [-0.39, 0.29) is 10.5 Å². The Bertz CT molecular complexity index is 804. The summed E-state index contributed by atoms with van der Waals surface area (Å²) in [5.74, 6) is -1.03. The zero-order chi connectivity index (χ0) is 16.3. The third kappa shape index (κ3) is 3.49. The highest BCUT2D eigenvalue weighted by Gasteiger charge is 2.17. The fourth-order valence-corrected chi connectivity index (χ4v) is 2.73. The van der Waals surface area contributed by atoms with Crippen molar-refractivity contribution in [2.24, 2.45) is 0 Å². The molecule has 0 fully saturated rings. The lowest BCUT2D eigenvalue weighted by Crippen LogP contribution is -2.22. The largest absolute Gasteiger partial charge is 0.322 e. The van der Waals surface area contributed by atoms with Gasteiger partial charge in [-0.2, -0.15) is 0 Å². The standard InChI is InChI=1S/C15H15FN2O3S/c1-18(2)22(20,21)14-8-4-7-13(10-14)17-15(19)11-5-3-6-12(16)9-11/h3-10H,1-2H3,(H,17,19). The van der Waals surface area contributed by atoms with Gasteiger partial charge in [-0.25, -0.2) is 17.1 Å². The summed E-state index contributed by atoms with van der Waals surface area (Å²) in [7, 11) is -0.737. The summed E-state index contributed by atoms with van der Waals surface area (Å²) < 4.78 is 38.3. The van der Waals surface area contributed by atoms with Crippen LogP contribution in [0.1, 0.15) is 10.4 Å². The minimum atomic E-state index is -3.58. The molecule has 2 aromatic rings. The summed E-state index contributed by atoms with van der Waals surface area (Å²) >= 11 is 0. The number of nitrogens with zero attached hydrogens (tertiary/aromatic N) is 1. The SMILES string of the molecule is CN(C)S(=O)(=O)c1cccc(NC(=O)c2cccc(F)c2)c1. The van der Waals surface area contributed by atoms with Crippen LogP contribution in [0.25, 0.3) is 0 Å². The molecule has 2 aromatic carbocycles. The molecule has 116 valence electrons. The van der Waals surface area contributed by atoms with Crippen molar-refractivity contribution in [3.8, 4) is 0 Å². The zero-order valence-electron chi connectivity index (χ0n) is 12.1. The normalized spacial score (nSPS) is 11.5. The van der Waals surface area contributed by atoms with Crippen LogP contribution in [-0.2, 0) is 10.0 Å². The van der Waals surface area contributed by atoms with Gasteiger partial charge < -0.3 is 5.32 Å². The summed E-state index contributed by atoms with van der Waals surface area (Å²) in [4.78, 5) is 12.1. The van der Waals surface area contributed by atoms with Gasteiger partial charge in [0.1, 0.15) is 5.82 Å². The van der Waals surface area contributed by atoms with E-state index in [9.17, 15) is 17.6 Å². The molecule has 0 aromatic heterocycles. The summed E-state index contributed by atoms with van der Waals surface area (Å²) in [5, 5.41) is 2.55. The number of carbonyl (C=O) groups excluding carboxylic acids is 1. The molecule has 0 radical (unpaired) electrons. The fourth-order valence-electron chi connectivity index (χ4n) is 1.78. The Kier molecular flexibility index (Phi) is 4.58. The number of benzene rings is 2. The molecular formula is C15H15FN2O3S. The van der Waals surface area contributed by atoms with Gasteiger partial charge in [-0.15, -0.1) is 0 Å². The number of carbonyl (C=O) groups is 1. The second-order valence-electron chi connectivity index (χ2n) is 4.78. The first-order valence-electron chi connectivity index (χ1n) is 6.40. The van der Waals surface area contributed by atoms with E-state index in [0.717, 1.165) is 10.4 Å². The molecule has 5 nitrogen and oxygen atoms in total. The molecule has 0 aliphatic heterocycles. The van der Waals surface area contributed by atoms with Gasteiger partial charge in [-0.05, 0) is 36.4 Å². The Morgan fingerprint density at radius 2 is 1.77 bits per heavy atom. The maximum Gasteiger partial charge on any atom is 0.255 e. The van der Waals surface area contributed by atoms with Crippen molar-refractivity contribution in [2.75, 3.05) is 19.4 Å². The molecule has 7 heteroatoms. The van der Waals surface area contributed by atoms with E-state index in [0.29, 0.717) is 5.69 Å². The number of rotatable bonds is 4.